The van der Waals surface area contributed by atoms with Gasteiger partial charge in [-0.2, -0.15) is 0 Å². The Labute approximate surface area is 164 Å². The first-order valence-electron chi connectivity index (χ1n) is 9.67. The molecule has 146 valence electrons. The van der Waals surface area contributed by atoms with Crippen LogP contribution in [0.15, 0.2) is 24.3 Å². The summed E-state index contributed by atoms with van der Waals surface area (Å²) >= 11 is 6.00. The molecule has 1 aromatic rings. The molecule has 4 fully saturated rings. The fourth-order valence-corrected chi connectivity index (χ4v) is 5.90. The molecule has 0 heterocycles. The van der Waals surface area contributed by atoms with Crippen molar-refractivity contribution < 1.29 is 19.4 Å². The molecule has 4 aliphatic rings. The Bertz CT molecular complexity index is 761. The highest BCUT2D eigenvalue weighted by Crippen LogP contribution is 2.60. The predicted octanol–water partition coefficient (Wildman–Crippen LogP) is 3.89. The molecular formula is C21H26ClNO4. The van der Waals surface area contributed by atoms with Crippen molar-refractivity contribution in [3.05, 3.63) is 29.3 Å². The maximum Gasteiger partial charge on any atom is 0.309 e. The Kier molecular flexibility index (Phi) is 4.41. The van der Waals surface area contributed by atoms with E-state index in [-0.39, 0.29) is 23.8 Å². The van der Waals surface area contributed by atoms with Gasteiger partial charge in [0.15, 0.2) is 5.60 Å². The Morgan fingerprint density at radius 3 is 2.48 bits per heavy atom. The van der Waals surface area contributed by atoms with E-state index in [0.29, 0.717) is 29.5 Å². The van der Waals surface area contributed by atoms with Crippen LogP contribution < -0.4 is 10.1 Å². The second-order valence-electron chi connectivity index (χ2n) is 9.12. The zero-order chi connectivity index (χ0) is 19.4. The van der Waals surface area contributed by atoms with Gasteiger partial charge < -0.3 is 15.2 Å². The number of benzene rings is 1. The van der Waals surface area contributed by atoms with E-state index in [4.69, 9.17) is 16.3 Å². The number of amides is 1. The molecule has 6 heteroatoms. The Morgan fingerprint density at radius 2 is 1.89 bits per heavy atom. The third kappa shape index (κ3) is 3.31. The molecule has 5 rings (SSSR count). The smallest absolute Gasteiger partial charge is 0.309 e. The monoisotopic (exact) mass is 391 g/mol. The van der Waals surface area contributed by atoms with Gasteiger partial charge in [0.1, 0.15) is 5.75 Å². The summed E-state index contributed by atoms with van der Waals surface area (Å²) in [5.41, 5.74) is -1.60. The van der Waals surface area contributed by atoms with Crippen LogP contribution in [-0.2, 0) is 9.59 Å². The summed E-state index contributed by atoms with van der Waals surface area (Å²) in [5.74, 6) is 0.720. The quantitative estimate of drug-likeness (QED) is 0.798. The first kappa shape index (κ1) is 18.6. The van der Waals surface area contributed by atoms with E-state index in [1.165, 1.54) is 0 Å². The molecule has 0 aliphatic heterocycles. The average Bonchev–Trinajstić information content (AvgIpc) is 2.56. The van der Waals surface area contributed by atoms with Crippen molar-refractivity contribution in [3.8, 4) is 5.75 Å². The van der Waals surface area contributed by atoms with Crippen LogP contribution in [-0.4, -0.2) is 28.6 Å². The van der Waals surface area contributed by atoms with E-state index >= 15 is 0 Å². The fourth-order valence-electron chi connectivity index (χ4n) is 5.72. The summed E-state index contributed by atoms with van der Waals surface area (Å²) in [6.07, 6.45) is 4.20. The molecule has 0 radical (unpaired) electrons. The minimum absolute atomic E-state index is 0.0451. The summed E-state index contributed by atoms with van der Waals surface area (Å²) in [4.78, 5) is 24.8. The number of carboxylic acid groups (broad SMARTS) is 1. The summed E-state index contributed by atoms with van der Waals surface area (Å²) in [7, 11) is 0. The topological polar surface area (TPSA) is 75.6 Å². The van der Waals surface area contributed by atoms with E-state index in [9.17, 15) is 14.7 Å². The summed E-state index contributed by atoms with van der Waals surface area (Å²) in [6.45, 7) is 3.50. The van der Waals surface area contributed by atoms with Crippen molar-refractivity contribution in [3.63, 3.8) is 0 Å². The van der Waals surface area contributed by atoms with Gasteiger partial charge >= 0.3 is 5.97 Å². The molecule has 4 bridgehead atoms. The highest BCUT2D eigenvalue weighted by Gasteiger charge is 2.59. The molecule has 0 saturated heterocycles. The van der Waals surface area contributed by atoms with Crippen LogP contribution in [0.4, 0.5) is 0 Å². The molecule has 4 aliphatic carbocycles. The van der Waals surface area contributed by atoms with Crippen molar-refractivity contribution in [2.75, 3.05) is 0 Å². The lowest BCUT2D eigenvalue weighted by atomic mass is 9.48. The van der Waals surface area contributed by atoms with E-state index in [0.717, 1.165) is 19.3 Å². The average molecular weight is 392 g/mol. The fraction of sp³-hybridized carbons (Fsp3) is 0.619. The van der Waals surface area contributed by atoms with Gasteiger partial charge in [0, 0.05) is 11.1 Å². The summed E-state index contributed by atoms with van der Waals surface area (Å²) < 4.78 is 5.91. The van der Waals surface area contributed by atoms with Crippen molar-refractivity contribution in [2.24, 2.45) is 23.2 Å². The molecule has 1 amide bonds. The van der Waals surface area contributed by atoms with Gasteiger partial charge in [-0.05, 0) is 81.9 Å². The van der Waals surface area contributed by atoms with Crippen LogP contribution >= 0.6 is 11.6 Å². The molecule has 27 heavy (non-hydrogen) atoms. The van der Waals surface area contributed by atoms with Gasteiger partial charge in [-0.25, -0.2) is 0 Å². The third-order valence-corrected chi connectivity index (χ3v) is 6.98. The van der Waals surface area contributed by atoms with Crippen LogP contribution in [0.2, 0.25) is 5.02 Å². The number of rotatable bonds is 5. The largest absolute Gasteiger partial charge is 0.481 e. The molecule has 5 nitrogen and oxygen atoms in total. The van der Waals surface area contributed by atoms with Gasteiger partial charge in [0.05, 0.1) is 5.41 Å². The Hall–Kier alpha value is -1.75. The number of carbonyl (C=O) groups is 2. The summed E-state index contributed by atoms with van der Waals surface area (Å²) in [6, 6.07) is 7.06. The van der Waals surface area contributed by atoms with Crippen LogP contribution in [0.5, 0.6) is 5.75 Å². The van der Waals surface area contributed by atoms with E-state index in [1.54, 1.807) is 38.1 Å². The first-order chi connectivity index (χ1) is 12.7. The number of halogens is 1. The molecule has 2 N–H and O–H groups in total. The van der Waals surface area contributed by atoms with Crippen LogP contribution in [0.25, 0.3) is 0 Å². The molecule has 0 spiro atoms. The number of carbonyl (C=O) groups excluding carboxylic acids is 1. The van der Waals surface area contributed by atoms with Gasteiger partial charge in [0.2, 0.25) is 0 Å². The second kappa shape index (κ2) is 6.40. The minimum atomic E-state index is -1.04. The van der Waals surface area contributed by atoms with E-state index in [1.807, 2.05) is 0 Å². The lowest BCUT2D eigenvalue weighted by molar-refractivity contribution is -0.168. The predicted molar refractivity (Wildman–Crippen MR) is 102 cm³/mol. The van der Waals surface area contributed by atoms with Crippen molar-refractivity contribution in [1.29, 1.82) is 0 Å². The molecule has 5 atom stereocenters. The Balaban J connectivity index is 1.46. The van der Waals surface area contributed by atoms with Crippen LogP contribution in [0.3, 0.4) is 0 Å². The molecule has 1 aromatic carbocycles. The van der Waals surface area contributed by atoms with Gasteiger partial charge in [0.25, 0.3) is 5.91 Å². The normalized spacial score (nSPS) is 34.3. The third-order valence-electron chi connectivity index (χ3n) is 6.74. The highest BCUT2D eigenvalue weighted by atomic mass is 35.5. The van der Waals surface area contributed by atoms with Crippen LogP contribution in [0, 0.1) is 23.2 Å². The lowest BCUT2D eigenvalue weighted by Crippen LogP contribution is -2.63. The zero-order valence-electron chi connectivity index (χ0n) is 15.7. The Morgan fingerprint density at radius 1 is 1.22 bits per heavy atom. The number of nitrogens with one attached hydrogen (secondary N) is 1. The number of ether oxygens (including phenoxy) is 1. The van der Waals surface area contributed by atoms with Gasteiger partial charge in [-0.1, -0.05) is 17.7 Å². The standard InChI is InChI=1S/C21H26ClNO4/c1-20(2,27-16-5-3-4-15(22)8-16)18(24)23-17-13-6-12-7-14(17)11-21(9-12,10-13)19(25)26/h3-5,8,12-14,17H,6-7,9-11H2,1-2H3,(H,23,24)(H,25,26)/t12?,13-,14?,17?,21?/m1/s1. The minimum Gasteiger partial charge on any atom is -0.481 e. The van der Waals surface area contributed by atoms with Crippen molar-refractivity contribution >= 4 is 23.5 Å². The lowest BCUT2D eigenvalue weighted by Gasteiger charge is -2.58. The highest BCUT2D eigenvalue weighted by molar-refractivity contribution is 6.30. The maximum atomic E-state index is 13.0. The van der Waals surface area contributed by atoms with Crippen molar-refractivity contribution in [1.82, 2.24) is 5.32 Å². The van der Waals surface area contributed by atoms with Gasteiger partial charge in [-0.15, -0.1) is 0 Å². The molecule has 4 unspecified atom stereocenters. The van der Waals surface area contributed by atoms with Gasteiger partial charge in [-0.3, -0.25) is 9.59 Å². The number of carboxylic acids is 1. The van der Waals surface area contributed by atoms with Crippen LogP contribution in [0.1, 0.15) is 46.0 Å². The molecular weight excluding hydrogens is 366 g/mol. The SMILES string of the molecule is CC(C)(Oc1cccc(Cl)c1)C(=O)NC1C2CC3C[C@@H]1CC(C(=O)O)(C3)C2. The zero-order valence-corrected chi connectivity index (χ0v) is 16.5. The first-order valence-corrected chi connectivity index (χ1v) is 10.1. The number of aliphatic carboxylic acids is 1. The van der Waals surface area contributed by atoms with Crippen molar-refractivity contribution in [2.45, 2.75) is 57.6 Å². The summed E-state index contributed by atoms with van der Waals surface area (Å²) in [5, 5.41) is 13.5. The number of hydrogen-bond acceptors (Lipinski definition) is 3. The van der Waals surface area contributed by atoms with E-state index < -0.39 is 17.0 Å². The van der Waals surface area contributed by atoms with E-state index in [2.05, 4.69) is 5.32 Å². The maximum absolute atomic E-state index is 13.0. The number of hydrogen-bond donors (Lipinski definition) is 2. The molecule has 0 aromatic heterocycles. The second-order valence-corrected chi connectivity index (χ2v) is 9.56. The molecule has 4 saturated carbocycles.